The number of benzene rings is 4. The first-order valence-electron chi connectivity index (χ1n) is 12.1. The minimum absolute atomic E-state index is 0.0381. The van der Waals surface area contributed by atoms with Gasteiger partial charge in [-0.2, -0.15) is 0 Å². The Morgan fingerprint density at radius 3 is 1.29 bits per heavy atom. The van der Waals surface area contributed by atoms with Crippen LogP contribution < -0.4 is 0 Å². The van der Waals surface area contributed by atoms with E-state index in [4.69, 9.17) is 23.2 Å². The van der Waals surface area contributed by atoms with Crippen LogP contribution in [-0.2, 0) is 26.2 Å². The van der Waals surface area contributed by atoms with Crippen molar-refractivity contribution in [2.75, 3.05) is 13.1 Å². The van der Waals surface area contributed by atoms with Crippen LogP contribution in [0.15, 0.2) is 84.9 Å². The van der Waals surface area contributed by atoms with Gasteiger partial charge in [0.1, 0.15) is 23.1 Å². The highest BCUT2D eigenvalue weighted by atomic mass is 35.5. The van der Waals surface area contributed by atoms with Crippen LogP contribution in [0.2, 0.25) is 10.0 Å². The second kappa shape index (κ2) is 13.1. The zero-order valence-electron chi connectivity index (χ0n) is 20.6. The Hall–Kier alpha value is -3.16. The fraction of sp³-hybridized carbons (Fsp3) is 0.200. The van der Waals surface area contributed by atoms with Gasteiger partial charge in [-0.1, -0.05) is 83.9 Å². The number of aromatic hydroxyl groups is 2. The molecule has 4 aromatic rings. The summed E-state index contributed by atoms with van der Waals surface area (Å²) in [6.45, 7) is 2.66. The van der Waals surface area contributed by atoms with Crippen molar-refractivity contribution in [2.24, 2.45) is 0 Å². The van der Waals surface area contributed by atoms with Gasteiger partial charge in [0, 0.05) is 50.4 Å². The average Bonchev–Trinajstić information content (AvgIpc) is 2.89. The average molecular weight is 557 g/mol. The lowest BCUT2D eigenvalue weighted by molar-refractivity contribution is 0.180. The van der Waals surface area contributed by atoms with E-state index in [1.165, 1.54) is 12.1 Å². The number of nitrogens with zero attached hydrogens (tertiary/aromatic N) is 2. The van der Waals surface area contributed by atoms with Gasteiger partial charge in [0.05, 0.1) is 10.0 Å². The van der Waals surface area contributed by atoms with E-state index < -0.39 is 11.6 Å². The summed E-state index contributed by atoms with van der Waals surface area (Å²) in [6.07, 6.45) is 0. The lowest BCUT2D eigenvalue weighted by atomic mass is 10.1. The predicted octanol–water partition coefficient (Wildman–Crippen LogP) is 7.39. The van der Waals surface area contributed by atoms with Crippen molar-refractivity contribution < 1.29 is 19.0 Å². The SMILES string of the molecule is Oc1c(Cl)cc(F)cc1CN(CCN(Cc1ccccc1)Cc1cc(F)cc(Cl)c1O)Cc1ccccc1. The number of phenols is 2. The molecule has 0 heterocycles. The van der Waals surface area contributed by atoms with Crippen LogP contribution in [0.4, 0.5) is 8.78 Å². The van der Waals surface area contributed by atoms with Crippen LogP contribution in [0.1, 0.15) is 22.3 Å². The summed E-state index contributed by atoms with van der Waals surface area (Å²) in [5.41, 5.74) is 2.88. The van der Waals surface area contributed by atoms with Gasteiger partial charge in [-0.15, -0.1) is 0 Å². The summed E-state index contributed by atoms with van der Waals surface area (Å²) in [5.74, 6) is -1.34. The van der Waals surface area contributed by atoms with E-state index in [9.17, 15) is 19.0 Å². The zero-order chi connectivity index (χ0) is 27.1. The summed E-state index contributed by atoms with van der Waals surface area (Å²) < 4.78 is 28.2. The first-order valence-corrected chi connectivity index (χ1v) is 12.9. The Morgan fingerprint density at radius 2 is 0.921 bits per heavy atom. The maximum Gasteiger partial charge on any atom is 0.138 e. The van der Waals surface area contributed by atoms with Crippen LogP contribution in [0.25, 0.3) is 0 Å². The highest BCUT2D eigenvalue weighted by Gasteiger charge is 2.18. The second-order valence-electron chi connectivity index (χ2n) is 9.18. The molecule has 0 radical (unpaired) electrons. The van der Waals surface area contributed by atoms with Gasteiger partial charge >= 0.3 is 0 Å². The zero-order valence-corrected chi connectivity index (χ0v) is 22.1. The van der Waals surface area contributed by atoms with Crippen LogP contribution in [0.5, 0.6) is 11.5 Å². The molecule has 0 atom stereocenters. The largest absolute Gasteiger partial charge is 0.506 e. The topological polar surface area (TPSA) is 46.9 Å². The van der Waals surface area contributed by atoms with Gasteiger partial charge in [-0.3, -0.25) is 9.80 Å². The molecule has 0 bridgehead atoms. The molecule has 0 saturated carbocycles. The van der Waals surface area contributed by atoms with Crippen molar-refractivity contribution in [2.45, 2.75) is 26.2 Å². The van der Waals surface area contributed by atoms with E-state index in [2.05, 4.69) is 9.80 Å². The second-order valence-corrected chi connectivity index (χ2v) is 10.00. The van der Waals surface area contributed by atoms with Crippen molar-refractivity contribution in [3.05, 3.63) is 129 Å². The Morgan fingerprint density at radius 1 is 0.553 bits per heavy atom. The molecule has 8 heteroatoms. The van der Waals surface area contributed by atoms with Gasteiger partial charge < -0.3 is 10.2 Å². The third-order valence-electron chi connectivity index (χ3n) is 6.23. The van der Waals surface area contributed by atoms with Crippen molar-refractivity contribution >= 4 is 23.2 Å². The Bertz CT molecular complexity index is 1250. The number of halogens is 4. The van der Waals surface area contributed by atoms with E-state index in [0.717, 1.165) is 23.3 Å². The monoisotopic (exact) mass is 556 g/mol. The quantitative estimate of drug-likeness (QED) is 0.202. The molecular weight excluding hydrogens is 529 g/mol. The first-order chi connectivity index (χ1) is 18.3. The third-order valence-corrected chi connectivity index (χ3v) is 6.81. The van der Waals surface area contributed by atoms with Crippen LogP contribution >= 0.6 is 23.2 Å². The van der Waals surface area contributed by atoms with E-state index in [1.54, 1.807) is 0 Å². The molecule has 2 N–H and O–H groups in total. The summed E-state index contributed by atoms with van der Waals surface area (Å²) >= 11 is 12.1. The molecule has 4 aromatic carbocycles. The van der Waals surface area contributed by atoms with Crippen LogP contribution in [0, 0.1) is 11.6 Å². The molecule has 0 aliphatic rings. The lowest BCUT2D eigenvalue weighted by Gasteiger charge is -2.29. The third kappa shape index (κ3) is 7.68. The summed E-state index contributed by atoms with van der Waals surface area (Å²) in [5, 5.41) is 20.9. The van der Waals surface area contributed by atoms with Gasteiger partial charge in [0.25, 0.3) is 0 Å². The molecular formula is C30H28Cl2F2N2O2. The van der Waals surface area contributed by atoms with Gasteiger partial charge in [-0.05, 0) is 35.4 Å². The summed E-state index contributed by atoms with van der Waals surface area (Å²) in [4.78, 5) is 4.16. The first kappa shape index (κ1) is 27.9. The molecule has 0 aromatic heterocycles. The highest BCUT2D eigenvalue weighted by Crippen LogP contribution is 2.31. The van der Waals surface area contributed by atoms with Crippen LogP contribution in [0.3, 0.4) is 0 Å². The molecule has 0 aliphatic carbocycles. The van der Waals surface area contributed by atoms with Crippen molar-refractivity contribution in [1.82, 2.24) is 9.80 Å². The molecule has 0 fully saturated rings. The molecule has 4 nitrogen and oxygen atoms in total. The number of hydrogen-bond donors (Lipinski definition) is 2. The molecule has 0 saturated heterocycles. The Balaban J connectivity index is 1.58. The van der Waals surface area contributed by atoms with Crippen LogP contribution in [-0.4, -0.2) is 33.1 Å². The maximum absolute atomic E-state index is 14.1. The number of phenolic OH excluding ortho intramolecular Hbond substituents is 2. The normalized spacial score (nSPS) is 11.4. The highest BCUT2D eigenvalue weighted by molar-refractivity contribution is 6.32. The van der Waals surface area contributed by atoms with E-state index >= 15 is 0 Å². The number of hydrogen-bond acceptors (Lipinski definition) is 4. The summed E-state index contributed by atoms with van der Waals surface area (Å²) in [6, 6.07) is 24.4. The summed E-state index contributed by atoms with van der Waals surface area (Å²) in [7, 11) is 0. The van der Waals surface area contributed by atoms with E-state index in [0.29, 0.717) is 37.3 Å². The number of rotatable bonds is 11. The van der Waals surface area contributed by atoms with Gasteiger partial charge in [-0.25, -0.2) is 8.78 Å². The molecule has 4 rings (SSSR count). The van der Waals surface area contributed by atoms with E-state index in [1.807, 2.05) is 60.7 Å². The lowest BCUT2D eigenvalue weighted by Crippen LogP contribution is -2.34. The van der Waals surface area contributed by atoms with Gasteiger partial charge in [0.15, 0.2) is 0 Å². The smallest absolute Gasteiger partial charge is 0.138 e. The Kier molecular flexibility index (Phi) is 9.58. The maximum atomic E-state index is 14.1. The predicted molar refractivity (Wildman–Crippen MR) is 147 cm³/mol. The van der Waals surface area contributed by atoms with Crippen molar-refractivity contribution in [3.8, 4) is 11.5 Å². The molecule has 0 aliphatic heterocycles. The Labute approximate surface area is 231 Å². The fourth-order valence-corrected chi connectivity index (χ4v) is 4.81. The molecule has 0 unspecified atom stereocenters. The molecule has 0 spiro atoms. The van der Waals surface area contributed by atoms with Gasteiger partial charge in [0.2, 0.25) is 0 Å². The standard InChI is InChI=1S/C30H28Cl2F2N2O2/c31-27-15-25(33)13-23(29(27)37)19-35(17-21-7-3-1-4-8-21)11-12-36(18-22-9-5-2-6-10-22)20-24-14-26(34)16-28(32)30(24)38/h1-10,13-16,37-38H,11-12,17-20H2. The molecule has 38 heavy (non-hydrogen) atoms. The van der Waals surface area contributed by atoms with Crippen molar-refractivity contribution in [1.29, 1.82) is 0 Å². The minimum atomic E-state index is -0.522. The molecule has 0 amide bonds. The fourth-order valence-electron chi connectivity index (χ4n) is 4.36. The minimum Gasteiger partial charge on any atom is -0.506 e. The van der Waals surface area contributed by atoms with E-state index in [-0.39, 0.29) is 34.6 Å². The van der Waals surface area contributed by atoms with Crippen molar-refractivity contribution in [3.63, 3.8) is 0 Å². The molecule has 198 valence electrons.